The van der Waals surface area contributed by atoms with Crippen LogP contribution in [0.5, 0.6) is 0 Å². The molecule has 0 unspecified atom stereocenters. The standard InChI is InChI=1S/C28H34N2O4/c31-26(24-9-6-10-25(24)27(32)33)21-13-11-19(12-14-21)20-15-17-23(18-16-20)30-28(34)29-22-7-4-2-1-3-5-8-22/h11-18,22,24-25H,1-10H2,(H,32,33)(H2,29,30,34)/t24-,25-/m1/s1. The van der Waals surface area contributed by atoms with E-state index in [9.17, 15) is 19.5 Å². The Hall–Kier alpha value is -3.15. The van der Waals surface area contributed by atoms with Gasteiger partial charge in [0.25, 0.3) is 0 Å². The molecule has 2 amide bonds. The van der Waals surface area contributed by atoms with Gasteiger partial charge in [-0.2, -0.15) is 0 Å². The number of aliphatic carboxylic acids is 1. The molecule has 2 aliphatic rings. The molecule has 0 bridgehead atoms. The first-order chi connectivity index (χ1) is 16.5. The van der Waals surface area contributed by atoms with E-state index in [2.05, 4.69) is 10.6 Å². The van der Waals surface area contributed by atoms with Gasteiger partial charge in [0.05, 0.1) is 5.92 Å². The molecule has 6 heteroatoms. The molecule has 0 spiro atoms. The summed E-state index contributed by atoms with van der Waals surface area (Å²) in [5, 5.41) is 15.4. The number of anilines is 1. The number of carboxylic acids is 1. The minimum Gasteiger partial charge on any atom is -0.481 e. The van der Waals surface area contributed by atoms with Crippen LogP contribution in [0.4, 0.5) is 10.5 Å². The van der Waals surface area contributed by atoms with Gasteiger partial charge in [-0.25, -0.2) is 4.79 Å². The van der Waals surface area contributed by atoms with E-state index in [1.807, 2.05) is 36.4 Å². The second-order valence-corrected chi connectivity index (χ2v) is 9.64. The average Bonchev–Trinajstić information content (AvgIpc) is 3.31. The Morgan fingerprint density at radius 1 is 0.676 bits per heavy atom. The lowest BCUT2D eigenvalue weighted by Crippen LogP contribution is -2.38. The number of benzene rings is 2. The van der Waals surface area contributed by atoms with E-state index < -0.39 is 17.8 Å². The zero-order valence-electron chi connectivity index (χ0n) is 19.6. The third kappa shape index (κ3) is 6.04. The summed E-state index contributed by atoms with van der Waals surface area (Å²) in [5.41, 5.74) is 3.24. The lowest BCUT2D eigenvalue weighted by Gasteiger charge is -2.21. The fourth-order valence-electron chi connectivity index (χ4n) is 5.31. The van der Waals surface area contributed by atoms with Crippen molar-refractivity contribution in [2.24, 2.45) is 11.8 Å². The third-order valence-corrected chi connectivity index (χ3v) is 7.26. The molecule has 6 nitrogen and oxygen atoms in total. The van der Waals surface area contributed by atoms with Crippen molar-refractivity contribution in [3.05, 3.63) is 54.1 Å². The summed E-state index contributed by atoms with van der Waals surface area (Å²) in [6.07, 6.45) is 10.2. The SMILES string of the molecule is O=C(Nc1ccc(-c2ccc(C(=O)[C@@H]3CCC[C@H]3C(=O)O)cc2)cc1)NC1CCCCCCC1. The van der Waals surface area contributed by atoms with Gasteiger partial charge in [0.1, 0.15) is 0 Å². The first-order valence-electron chi connectivity index (χ1n) is 12.6. The van der Waals surface area contributed by atoms with Crippen molar-refractivity contribution >= 4 is 23.5 Å². The summed E-state index contributed by atoms with van der Waals surface area (Å²) < 4.78 is 0. The molecule has 2 aliphatic carbocycles. The Bertz CT molecular complexity index is 992. The summed E-state index contributed by atoms with van der Waals surface area (Å²) >= 11 is 0. The van der Waals surface area contributed by atoms with Crippen LogP contribution in [0.1, 0.15) is 74.6 Å². The maximum absolute atomic E-state index is 12.8. The second kappa shape index (κ2) is 11.3. The summed E-state index contributed by atoms with van der Waals surface area (Å²) in [7, 11) is 0. The average molecular weight is 463 g/mol. The number of carboxylic acid groups (broad SMARTS) is 1. The van der Waals surface area contributed by atoms with Crippen molar-refractivity contribution in [3.8, 4) is 11.1 Å². The van der Waals surface area contributed by atoms with Crippen molar-refractivity contribution in [1.29, 1.82) is 0 Å². The van der Waals surface area contributed by atoms with Crippen LogP contribution in [0.2, 0.25) is 0 Å². The van der Waals surface area contributed by atoms with Crippen molar-refractivity contribution in [1.82, 2.24) is 5.32 Å². The first-order valence-corrected chi connectivity index (χ1v) is 12.6. The molecule has 2 atom stereocenters. The van der Waals surface area contributed by atoms with Gasteiger partial charge in [-0.05, 0) is 48.9 Å². The predicted molar refractivity (Wildman–Crippen MR) is 133 cm³/mol. The zero-order chi connectivity index (χ0) is 23.9. The van der Waals surface area contributed by atoms with Gasteiger partial charge in [0.15, 0.2) is 5.78 Å². The van der Waals surface area contributed by atoms with Crippen molar-refractivity contribution < 1.29 is 19.5 Å². The van der Waals surface area contributed by atoms with Gasteiger partial charge in [-0.3, -0.25) is 9.59 Å². The van der Waals surface area contributed by atoms with Crippen LogP contribution >= 0.6 is 0 Å². The van der Waals surface area contributed by atoms with Gasteiger partial charge >= 0.3 is 12.0 Å². The third-order valence-electron chi connectivity index (χ3n) is 7.26. The molecule has 3 N–H and O–H groups in total. The van der Waals surface area contributed by atoms with Crippen LogP contribution in [0.15, 0.2) is 48.5 Å². The predicted octanol–water partition coefficient (Wildman–Crippen LogP) is 6.27. The molecule has 0 heterocycles. The smallest absolute Gasteiger partial charge is 0.319 e. The first kappa shape index (κ1) is 24.0. The highest BCUT2D eigenvalue weighted by molar-refractivity contribution is 6.00. The van der Waals surface area contributed by atoms with Crippen LogP contribution in [0.3, 0.4) is 0 Å². The Morgan fingerprint density at radius 3 is 1.85 bits per heavy atom. The van der Waals surface area contributed by atoms with Crippen LogP contribution in [0.25, 0.3) is 11.1 Å². The van der Waals surface area contributed by atoms with Crippen molar-refractivity contribution in [2.45, 2.75) is 70.3 Å². The maximum atomic E-state index is 12.8. The minimum absolute atomic E-state index is 0.0775. The molecule has 2 aromatic rings. The molecule has 2 aromatic carbocycles. The van der Waals surface area contributed by atoms with Crippen molar-refractivity contribution in [3.63, 3.8) is 0 Å². The van der Waals surface area contributed by atoms with E-state index in [-0.39, 0.29) is 17.9 Å². The Kier molecular flexibility index (Phi) is 7.99. The molecular formula is C28H34N2O4. The lowest BCUT2D eigenvalue weighted by molar-refractivity contribution is -0.142. The summed E-state index contributed by atoms with van der Waals surface area (Å²) in [4.78, 5) is 36.7. The van der Waals surface area contributed by atoms with E-state index in [4.69, 9.17) is 0 Å². The van der Waals surface area contributed by atoms with E-state index in [1.54, 1.807) is 12.1 Å². The lowest BCUT2D eigenvalue weighted by atomic mass is 9.88. The quantitative estimate of drug-likeness (QED) is 0.441. The fraction of sp³-hybridized carbons (Fsp3) is 0.464. The van der Waals surface area contributed by atoms with E-state index in [0.717, 1.165) is 36.1 Å². The molecule has 0 aliphatic heterocycles. The maximum Gasteiger partial charge on any atom is 0.319 e. The van der Waals surface area contributed by atoms with Crippen LogP contribution in [0, 0.1) is 11.8 Å². The van der Waals surface area contributed by atoms with Crippen LogP contribution < -0.4 is 10.6 Å². The largest absolute Gasteiger partial charge is 0.481 e. The Labute approximate surface area is 201 Å². The fourth-order valence-corrected chi connectivity index (χ4v) is 5.31. The molecule has 0 saturated heterocycles. The van der Waals surface area contributed by atoms with Gasteiger partial charge in [0, 0.05) is 23.2 Å². The van der Waals surface area contributed by atoms with E-state index in [1.165, 1.54) is 32.1 Å². The number of rotatable bonds is 6. The summed E-state index contributed by atoms with van der Waals surface area (Å²) in [5.74, 6) is -1.95. The van der Waals surface area contributed by atoms with Crippen LogP contribution in [-0.4, -0.2) is 28.9 Å². The molecule has 2 saturated carbocycles. The van der Waals surface area contributed by atoms with E-state index >= 15 is 0 Å². The monoisotopic (exact) mass is 462 g/mol. The second-order valence-electron chi connectivity index (χ2n) is 9.64. The molecule has 180 valence electrons. The number of amides is 2. The van der Waals surface area contributed by atoms with Gasteiger partial charge in [-0.1, -0.05) is 74.9 Å². The number of urea groups is 1. The highest BCUT2D eigenvalue weighted by Gasteiger charge is 2.37. The topological polar surface area (TPSA) is 95.5 Å². The highest BCUT2D eigenvalue weighted by atomic mass is 16.4. The van der Waals surface area contributed by atoms with Gasteiger partial charge in [-0.15, -0.1) is 0 Å². The Morgan fingerprint density at radius 2 is 1.24 bits per heavy atom. The molecule has 34 heavy (non-hydrogen) atoms. The number of hydrogen-bond acceptors (Lipinski definition) is 3. The number of carbonyl (C=O) groups excluding carboxylic acids is 2. The van der Waals surface area contributed by atoms with Crippen molar-refractivity contribution in [2.75, 3.05) is 5.32 Å². The number of Topliss-reactive ketones (excluding diaryl/α,β-unsaturated/α-hetero) is 1. The normalized spacial score (nSPS) is 21.3. The number of nitrogens with one attached hydrogen (secondary N) is 2. The number of carbonyl (C=O) groups is 3. The summed E-state index contributed by atoms with van der Waals surface area (Å²) in [6.45, 7) is 0. The van der Waals surface area contributed by atoms with Gasteiger partial charge in [0.2, 0.25) is 0 Å². The minimum atomic E-state index is -0.875. The molecule has 0 radical (unpaired) electrons. The molecule has 4 rings (SSSR count). The van der Waals surface area contributed by atoms with Gasteiger partial charge < -0.3 is 15.7 Å². The Balaban J connectivity index is 1.34. The van der Waals surface area contributed by atoms with Crippen LogP contribution in [-0.2, 0) is 4.79 Å². The number of hydrogen-bond donors (Lipinski definition) is 3. The molecule has 0 aromatic heterocycles. The highest BCUT2D eigenvalue weighted by Crippen LogP contribution is 2.35. The van der Waals surface area contributed by atoms with E-state index in [0.29, 0.717) is 18.4 Å². The molecular weight excluding hydrogens is 428 g/mol. The molecule has 2 fully saturated rings. The summed E-state index contributed by atoms with van der Waals surface area (Å²) in [6, 6.07) is 15.1. The number of ketones is 1. The zero-order valence-corrected chi connectivity index (χ0v) is 19.6.